The molecule has 138 valence electrons. The van der Waals surface area contributed by atoms with Gasteiger partial charge in [0.05, 0.1) is 18.5 Å². The summed E-state index contributed by atoms with van der Waals surface area (Å²) in [6, 6.07) is 14.9. The highest BCUT2D eigenvalue weighted by Gasteiger charge is 2.34. The number of ether oxygens (including phenoxy) is 1. The molecule has 26 heavy (non-hydrogen) atoms. The third-order valence-electron chi connectivity index (χ3n) is 4.84. The molecule has 0 saturated carbocycles. The van der Waals surface area contributed by atoms with Gasteiger partial charge in [0.25, 0.3) is 5.91 Å². The van der Waals surface area contributed by atoms with Crippen molar-refractivity contribution in [2.75, 3.05) is 30.6 Å². The van der Waals surface area contributed by atoms with Gasteiger partial charge in [-0.3, -0.25) is 15.5 Å². The van der Waals surface area contributed by atoms with Crippen molar-refractivity contribution in [2.45, 2.75) is 25.9 Å². The molecule has 1 heterocycles. The Labute approximate surface area is 153 Å². The van der Waals surface area contributed by atoms with E-state index >= 15 is 0 Å². The fraction of sp³-hybridized carbons (Fsp3) is 0.350. The molecule has 1 saturated heterocycles. The average molecular weight is 355 g/mol. The van der Waals surface area contributed by atoms with E-state index in [9.17, 15) is 4.79 Å². The monoisotopic (exact) mass is 355 g/mol. The lowest BCUT2D eigenvalue weighted by molar-refractivity contribution is 0.0574. The predicted molar refractivity (Wildman–Crippen MR) is 102 cm³/mol. The Morgan fingerprint density at radius 1 is 1.08 bits per heavy atom. The number of hydrogen-bond acceptors (Lipinski definition) is 5. The van der Waals surface area contributed by atoms with Crippen LogP contribution in [0.15, 0.2) is 48.5 Å². The summed E-state index contributed by atoms with van der Waals surface area (Å²) < 4.78 is 5.49. The highest BCUT2D eigenvalue weighted by molar-refractivity contribution is 5.95. The van der Waals surface area contributed by atoms with E-state index in [1.165, 1.54) is 0 Å². The number of amides is 1. The largest absolute Gasteiger partial charge is 0.495 e. The number of nitrogens with zero attached hydrogens (tertiary/aromatic N) is 2. The normalized spacial score (nSPS) is 20.0. The summed E-state index contributed by atoms with van der Waals surface area (Å²) in [7, 11) is 1.68. The lowest BCUT2D eigenvalue weighted by atomic mass is 10.0. The Morgan fingerprint density at radius 2 is 1.69 bits per heavy atom. The van der Waals surface area contributed by atoms with Gasteiger partial charge in [-0.25, -0.2) is 0 Å². The van der Waals surface area contributed by atoms with Crippen molar-refractivity contribution in [3.63, 3.8) is 0 Å². The van der Waals surface area contributed by atoms with Crippen molar-refractivity contribution in [1.82, 2.24) is 4.90 Å². The maximum absolute atomic E-state index is 13.0. The number of methoxy groups -OCH3 is 1. The van der Waals surface area contributed by atoms with Crippen LogP contribution in [-0.2, 0) is 0 Å². The molecular weight excluding hydrogens is 330 g/mol. The molecule has 1 fully saturated rings. The molecule has 1 aliphatic heterocycles. The zero-order chi connectivity index (χ0) is 18.7. The third kappa shape index (κ3) is 3.46. The number of piperazine rings is 1. The van der Waals surface area contributed by atoms with Crippen molar-refractivity contribution in [3.05, 3.63) is 54.1 Å². The molecule has 3 rings (SSSR count). The zero-order valence-corrected chi connectivity index (χ0v) is 15.3. The fourth-order valence-corrected chi connectivity index (χ4v) is 3.65. The molecule has 6 heteroatoms. The van der Waals surface area contributed by atoms with Crippen LogP contribution in [0.1, 0.15) is 24.2 Å². The van der Waals surface area contributed by atoms with Crippen LogP contribution in [-0.4, -0.2) is 48.3 Å². The van der Waals surface area contributed by atoms with Gasteiger partial charge in [-0.2, -0.15) is 0 Å². The second-order valence-corrected chi connectivity index (χ2v) is 6.68. The number of hydrogen-bond donors (Lipinski definition) is 2. The number of carbonyl (C=O) groups excluding carboxylic acids is 1. The summed E-state index contributed by atoms with van der Waals surface area (Å²) in [5, 5.41) is 8.92. The third-order valence-corrected chi connectivity index (χ3v) is 4.84. The van der Waals surface area contributed by atoms with E-state index in [0.29, 0.717) is 11.3 Å². The van der Waals surface area contributed by atoms with Crippen molar-refractivity contribution >= 4 is 17.3 Å². The van der Waals surface area contributed by atoms with Crippen LogP contribution in [0.4, 0.5) is 11.4 Å². The predicted octanol–water partition coefficient (Wildman–Crippen LogP) is 3.24. The van der Waals surface area contributed by atoms with Gasteiger partial charge in [-0.15, -0.1) is 0 Å². The highest BCUT2D eigenvalue weighted by atomic mass is 16.5. The van der Waals surface area contributed by atoms with Crippen LogP contribution in [0.5, 0.6) is 5.75 Å². The minimum atomic E-state index is 0.00849. The number of anilines is 2. The minimum Gasteiger partial charge on any atom is -0.495 e. The van der Waals surface area contributed by atoms with Gasteiger partial charge in [0, 0.05) is 30.7 Å². The molecule has 2 unspecified atom stereocenters. The lowest BCUT2D eigenvalue weighted by Gasteiger charge is -2.45. The van der Waals surface area contributed by atoms with Gasteiger partial charge in [0.2, 0.25) is 0 Å². The van der Waals surface area contributed by atoms with E-state index in [2.05, 4.69) is 30.3 Å². The minimum absolute atomic E-state index is 0.00849. The van der Waals surface area contributed by atoms with Gasteiger partial charge < -0.3 is 14.5 Å². The molecule has 0 bridgehead atoms. The zero-order valence-electron chi connectivity index (χ0n) is 15.3. The van der Waals surface area contributed by atoms with Crippen LogP contribution in [0.25, 0.3) is 0 Å². The van der Waals surface area contributed by atoms with E-state index in [1.54, 1.807) is 31.4 Å². The van der Waals surface area contributed by atoms with E-state index < -0.39 is 0 Å². The maximum Gasteiger partial charge on any atom is 0.254 e. The van der Waals surface area contributed by atoms with Crippen LogP contribution >= 0.6 is 0 Å². The fourth-order valence-electron chi connectivity index (χ4n) is 3.65. The second kappa shape index (κ2) is 7.66. The van der Waals surface area contributed by atoms with Crippen LogP contribution < -0.4 is 15.1 Å². The van der Waals surface area contributed by atoms with Crippen molar-refractivity contribution in [3.8, 4) is 5.75 Å². The molecule has 0 aliphatic carbocycles. The van der Waals surface area contributed by atoms with Gasteiger partial charge in [-0.05, 0) is 50.2 Å². The second-order valence-electron chi connectivity index (χ2n) is 6.68. The summed E-state index contributed by atoms with van der Waals surface area (Å²) in [6.07, 6.45) is 0. The van der Waals surface area contributed by atoms with Crippen molar-refractivity contribution in [1.29, 1.82) is 0 Å². The molecule has 0 aromatic heterocycles. The first-order chi connectivity index (χ1) is 12.5. The first-order valence-electron chi connectivity index (χ1n) is 8.76. The first-order valence-corrected chi connectivity index (χ1v) is 8.76. The average Bonchev–Trinajstić information content (AvgIpc) is 2.67. The molecule has 2 aromatic carbocycles. The SMILES string of the molecule is COc1ccccc1N1CC(C)N(C(=O)c2ccc(NO)cc2)C(C)C1. The maximum atomic E-state index is 13.0. The van der Waals surface area contributed by atoms with Crippen LogP contribution in [0.3, 0.4) is 0 Å². The molecule has 1 aliphatic rings. The summed E-state index contributed by atoms with van der Waals surface area (Å²) in [5.74, 6) is 0.855. The topological polar surface area (TPSA) is 65.0 Å². The number of nitrogens with one attached hydrogen (secondary N) is 1. The molecule has 0 spiro atoms. The molecule has 2 atom stereocenters. The smallest absolute Gasteiger partial charge is 0.254 e. The number of para-hydroxylation sites is 2. The van der Waals surface area contributed by atoms with Crippen molar-refractivity contribution in [2.24, 2.45) is 0 Å². The van der Waals surface area contributed by atoms with E-state index in [4.69, 9.17) is 9.94 Å². The van der Waals surface area contributed by atoms with E-state index in [0.717, 1.165) is 24.5 Å². The summed E-state index contributed by atoms with van der Waals surface area (Å²) in [6.45, 7) is 5.62. The summed E-state index contributed by atoms with van der Waals surface area (Å²) in [4.78, 5) is 17.2. The summed E-state index contributed by atoms with van der Waals surface area (Å²) >= 11 is 0. The number of benzene rings is 2. The number of carbonyl (C=O) groups is 1. The Kier molecular flexibility index (Phi) is 5.32. The Balaban J connectivity index is 1.78. The van der Waals surface area contributed by atoms with Crippen LogP contribution in [0, 0.1) is 0 Å². The molecule has 1 amide bonds. The standard InChI is InChI=1S/C20H25N3O3/c1-14-12-22(18-6-4-5-7-19(18)26-3)13-15(2)23(14)20(24)16-8-10-17(21-25)11-9-16/h4-11,14-15,21,25H,12-13H2,1-3H3. The van der Waals surface area contributed by atoms with Gasteiger partial charge >= 0.3 is 0 Å². The Morgan fingerprint density at radius 3 is 2.27 bits per heavy atom. The van der Waals surface area contributed by atoms with Crippen molar-refractivity contribution < 1.29 is 14.7 Å². The van der Waals surface area contributed by atoms with E-state index in [-0.39, 0.29) is 18.0 Å². The van der Waals surface area contributed by atoms with Gasteiger partial charge in [0.1, 0.15) is 5.75 Å². The van der Waals surface area contributed by atoms with Gasteiger partial charge in [-0.1, -0.05) is 12.1 Å². The highest BCUT2D eigenvalue weighted by Crippen LogP contribution is 2.31. The Bertz CT molecular complexity index is 751. The molecule has 2 aromatic rings. The number of rotatable bonds is 4. The lowest BCUT2D eigenvalue weighted by Crippen LogP contribution is -2.58. The quantitative estimate of drug-likeness (QED) is 0.825. The molecule has 6 nitrogen and oxygen atoms in total. The molecule has 2 N–H and O–H groups in total. The van der Waals surface area contributed by atoms with Gasteiger partial charge in [0.15, 0.2) is 0 Å². The van der Waals surface area contributed by atoms with Crippen LogP contribution in [0.2, 0.25) is 0 Å². The van der Waals surface area contributed by atoms with E-state index in [1.807, 2.05) is 23.1 Å². The Hall–Kier alpha value is -2.73. The molecule has 0 radical (unpaired) electrons. The summed E-state index contributed by atoms with van der Waals surface area (Å²) in [5.41, 5.74) is 4.31. The molecular formula is C20H25N3O3. The first kappa shape index (κ1) is 18.1.